The SMILES string of the molecule is O=C(O)c1ccc(N2CCC(CN3CCN(c4ccc5c(c4)C(=O)N(C4CCC(O)NC4=O)C5=O)CC3)CC2)nc1. The standard InChI is InChI=1S/C29H34N6O6/c36-25-6-4-23(26(37)31-25)35-27(38)21-3-2-20(15-22(21)28(35)39)33-13-11-32(12-14-33)17-18-7-9-34(10-8-18)24-5-1-19(16-30-24)29(40)41/h1-3,5,15-16,18,23,25,36H,4,6-14,17H2,(H,31,37)(H,40,41). The van der Waals surface area contributed by atoms with Crippen LogP contribution >= 0.6 is 0 Å². The largest absolute Gasteiger partial charge is 0.478 e. The van der Waals surface area contributed by atoms with Crippen molar-refractivity contribution in [2.45, 2.75) is 38.0 Å². The summed E-state index contributed by atoms with van der Waals surface area (Å²) in [5.41, 5.74) is 1.73. The van der Waals surface area contributed by atoms with Crippen molar-refractivity contribution in [3.05, 3.63) is 53.2 Å². The summed E-state index contributed by atoms with van der Waals surface area (Å²) in [7, 11) is 0. The Kier molecular flexibility index (Phi) is 7.35. The quantitative estimate of drug-likeness (QED) is 0.436. The van der Waals surface area contributed by atoms with E-state index >= 15 is 0 Å². The van der Waals surface area contributed by atoms with Crippen LogP contribution in [0.4, 0.5) is 11.5 Å². The average molecular weight is 563 g/mol. The maximum atomic E-state index is 13.2. The summed E-state index contributed by atoms with van der Waals surface area (Å²) in [6.07, 6.45) is 3.10. The molecule has 0 bridgehead atoms. The molecule has 0 saturated carbocycles. The van der Waals surface area contributed by atoms with Gasteiger partial charge in [0, 0.05) is 57.7 Å². The Hall–Kier alpha value is -4.03. The number of carboxylic acid groups (broad SMARTS) is 1. The van der Waals surface area contributed by atoms with Gasteiger partial charge in [-0.15, -0.1) is 0 Å². The number of imide groups is 1. The number of aromatic carboxylic acids is 1. The molecule has 1 aromatic carbocycles. The van der Waals surface area contributed by atoms with Crippen molar-refractivity contribution >= 4 is 35.2 Å². The first-order chi connectivity index (χ1) is 19.8. The Morgan fingerprint density at radius 1 is 0.878 bits per heavy atom. The van der Waals surface area contributed by atoms with E-state index in [-0.39, 0.29) is 18.4 Å². The number of amides is 3. The highest BCUT2D eigenvalue weighted by molar-refractivity contribution is 6.23. The summed E-state index contributed by atoms with van der Waals surface area (Å²) < 4.78 is 0. The fourth-order valence-electron chi connectivity index (χ4n) is 6.35. The number of pyridine rings is 1. The van der Waals surface area contributed by atoms with Crippen molar-refractivity contribution in [2.24, 2.45) is 5.92 Å². The third-order valence-corrected chi connectivity index (χ3v) is 8.73. The number of piperazine rings is 1. The first-order valence-electron chi connectivity index (χ1n) is 14.2. The minimum Gasteiger partial charge on any atom is -0.478 e. The third-order valence-electron chi connectivity index (χ3n) is 8.73. The molecular formula is C29H34N6O6. The van der Waals surface area contributed by atoms with Gasteiger partial charge in [-0.2, -0.15) is 0 Å². The number of piperidine rings is 2. The number of anilines is 2. The van der Waals surface area contributed by atoms with Crippen molar-refractivity contribution in [3.63, 3.8) is 0 Å². The lowest BCUT2D eigenvalue weighted by atomic mass is 9.96. The predicted octanol–water partition coefficient (Wildman–Crippen LogP) is 1.01. The number of benzene rings is 1. The van der Waals surface area contributed by atoms with Crippen LogP contribution in [0.2, 0.25) is 0 Å². The van der Waals surface area contributed by atoms with Crippen LogP contribution in [0.25, 0.3) is 0 Å². The number of hydrogen-bond acceptors (Lipinski definition) is 9. The number of aliphatic hydroxyl groups is 1. The maximum Gasteiger partial charge on any atom is 0.337 e. The van der Waals surface area contributed by atoms with Gasteiger partial charge >= 0.3 is 5.97 Å². The summed E-state index contributed by atoms with van der Waals surface area (Å²) >= 11 is 0. The number of carboxylic acids is 1. The molecule has 216 valence electrons. The summed E-state index contributed by atoms with van der Waals surface area (Å²) in [4.78, 5) is 62.0. The zero-order valence-corrected chi connectivity index (χ0v) is 22.7. The fourth-order valence-corrected chi connectivity index (χ4v) is 6.35. The molecule has 4 aliphatic heterocycles. The molecular weight excluding hydrogens is 528 g/mol. The van der Waals surface area contributed by atoms with E-state index < -0.39 is 36.0 Å². The molecule has 6 rings (SSSR count). The molecule has 0 aliphatic carbocycles. The van der Waals surface area contributed by atoms with Gasteiger partial charge in [-0.05, 0) is 61.9 Å². The molecule has 41 heavy (non-hydrogen) atoms. The fraction of sp³-hybridized carbons (Fsp3) is 0.483. The second kappa shape index (κ2) is 11.1. The molecule has 0 radical (unpaired) electrons. The number of fused-ring (bicyclic) bond motifs is 1. The van der Waals surface area contributed by atoms with E-state index in [1.54, 1.807) is 24.3 Å². The van der Waals surface area contributed by atoms with Crippen LogP contribution in [0.1, 0.15) is 56.8 Å². The van der Waals surface area contributed by atoms with Gasteiger partial charge in [0.05, 0.1) is 16.7 Å². The molecule has 0 spiro atoms. The van der Waals surface area contributed by atoms with Gasteiger partial charge in [0.25, 0.3) is 11.8 Å². The lowest BCUT2D eigenvalue weighted by Crippen LogP contribution is -2.55. The molecule has 12 heteroatoms. The van der Waals surface area contributed by atoms with Crippen LogP contribution in [0.15, 0.2) is 36.5 Å². The molecule has 5 heterocycles. The van der Waals surface area contributed by atoms with Gasteiger partial charge in [0.1, 0.15) is 18.1 Å². The molecule has 2 atom stereocenters. The van der Waals surface area contributed by atoms with Crippen LogP contribution in [-0.2, 0) is 4.79 Å². The minimum atomic E-state index is -0.971. The molecule has 3 saturated heterocycles. The van der Waals surface area contributed by atoms with Crippen LogP contribution in [-0.4, -0.2) is 107 Å². The Balaban J connectivity index is 1.01. The molecule has 12 nitrogen and oxygen atoms in total. The Bertz CT molecular complexity index is 1350. The van der Waals surface area contributed by atoms with E-state index in [4.69, 9.17) is 5.11 Å². The van der Waals surface area contributed by atoms with Gasteiger partial charge in [0.15, 0.2) is 0 Å². The van der Waals surface area contributed by atoms with Crippen molar-refractivity contribution in [1.29, 1.82) is 0 Å². The molecule has 3 amide bonds. The topological polar surface area (TPSA) is 147 Å². The highest BCUT2D eigenvalue weighted by atomic mass is 16.4. The number of carbonyl (C=O) groups is 4. The second-order valence-corrected chi connectivity index (χ2v) is 11.3. The molecule has 1 aromatic heterocycles. The molecule has 2 unspecified atom stereocenters. The first kappa shape index (κ1) is 27.2. The van der Waals surface area contributed by atoms with E-state index in [0.717, 1.165) is 75.1 Å². The summed E-state index contributed by atoms with van der Waals surface area (Å²) in [6.45, 7) is 6.24. The van der Waals surface area contributed by atoms with E-state index in [1.165, 1.54) is 6.20 Å². The Morgan fingerprint density at radius 2 is 1.61 bits per heavy atom. The number of aliphatic hydroxyl groups excluding tert-OH is 1. The summed E-state index contributed by atoms with van der Waals surface area (Å²) in [5.74, 6) is -0.990. The van der Waals surface area contributed by atoms with Gasteiger partial charge in [-0.3, -0.25) is 24.2 Å². The maximum absolute atomic E-state index is 13.2. The van der Waals surface area contributed by atoms with Crippen LogP contribution in [0.3, 0.4) is 0 Å². The van der Waals surface area contributed by atoms with Crippen molar-refractivity contribution in [2.75, 3.05) is 55.6 Å². The average Bonchev–Trinajstić information content (AvgIpc) is 3.23. The van der Waals surface area contributed by atoms with Crippen molar-refractivity contribution in [3.8, 4) is 0 Å². The monoisotopic (exact) mass is 562 g/mol. The lowest BCUT2D eigenvalue weighted by Gasteiger charge is -2.40. The van der Waals surface area contributed by atoms with Gasteiger partial charge < -0.3 is 25.3 Å². The highest BCUT2D eigenvalue weighted by Gasteiger charge is 2.44. The number of nitrogens with one attached hydrogen (secondary N) is 1. The number of nitrogens with zero attached hydrogens (tertiary/aromatic N) is 5. The van der Waals surface area contributed by atoms with Crippen LogP contribution in [0, 0.1) is 5.92 Å². The zero-order valence-electron chi connectivity index (χ0n) is 22.7. The predicted molar refractivity (Wildman–Crippen MR) is 149 cm³/mol. The van der Waals surface area contributed by atoms with E-state index in [9.17, 15) is 24.3 Å². The number of hydrogen-bond donors (Lipinski definition) is 3. The molecule has 3 fully saturated rings. The number of aromatic nitrogens is 1. The lowest BCUT2D eigenvalue weighted by molar-refractivity contribution is -0.131. The highest BCUT2D eigenvalue weighted by Crippen LogP contribution is 2.31. The molecule has 2 aromatic rings. The van der Waals surface area contributed by atoms with Crippen molar-refractivity contribution in [1.82, 2.24) is 20.1 Å². The minimum absolute atomic E-state index is 0.194. The Morgan fingerprint density at radius 3 is 2.27 bits per heavy atom. The third kappa shape index (κ3) is 5.36. The summed E-state index contributed by atoms with van der Waals surface area (Å²) in [5, 5.41) is 21.2. The van der Waals surface area contributed by atoms with Gasteiger partial charge in [-0.1, -0.05) is 0 Å². The zero-order chi connectivity index (χ0) is 28.7. The van der Waals surface area contributed by atoms with Crippen LogP contribution < -0.4 is 15.1 Å². The van der Waals surface area contributed by atoms with Crippen molar-refractivity contribution < 1.29 is 29.4 Å². The van der Waals surface area contributed by atoms with Gasteiger partial charge in [0.2, 0.25) is 5.91 Å². The summed E-state index contributed by atoms with van der Waals surface area (Å²) in [6, 6.07) is 7.81. The second-order valence-electron chi connectivity index (χ2n) is 11.3. The van der Waals surface area contributed by atoms with E-state index in [1.807, 2.05) is 6.07 Å². The number of carbonyl (C=O) groups excluding carboxylic acids is 3. The molecule has 3 N–H and O–H groups in total. The number of rotatable bonds is 6. The smallest absolute Gasteiger partial charge is 0.337 e. The van der Waals surface area contributed by atoms with E-state index in [0.29, 0.717) is 17.0 Å². The van der Waals surface area contributed by atoms with Crippen LogP contribution in [0.5, 0.6) is 0 Å². The molecule has 4 aliphatic rings. The van der Waals surface area contributed by atoms with E-state index in [2.05, 4.69) is 25.0 Å². The van der Waals surface area contributed by atoms with Gasteiger partial charge in [-0.25, -0.2) is 9.78 Å². The first-order valence-corrected chi connectivity index (χ1v) is 14.2. The normalized spacial score (nSPS) is 24.0. The Labute approximate surface area is 237 Å².